The molecule has 7 nitrogen and oxygen atoms in total. The quantitative estimate of drug-likeness (QED) is 0.542. The third-order valence-corrected chi connectivity index (χ3v) is 2.28. The minimum Gasteiger partial charge on any atom is -0.469 e. The van der Waals surface area contributed by atoms with Crippen LogP contribution in [0.3, 0.4) is 0 Å². The molecule has 0 N–H and O–H groups in total. The van der Waals surface area contributed by atoms with E-state index in [0.717, 1.165) is 0 Å². The van der Waals surface area contributed by atoms with E-state index in [1.165, 1.54) is 19.1 Å². The van der Waals surface area contributed by atoms with Gasteiger partial charge in [-0.1, -0.05) is 0 Å². The smallest absolute Gasteiger partial charge is 0.410 e. The molecule has 0 radical (unpaired) electrons. The van der Waals surface area contributed by atoms with Crippen molar-refractivity contribution < 1.29 is 28.6 Å². The molecule has 0 aromatic carbocycles. The van der Waals surface area contributed by atoms with E-state index in [4.69, 9.17) is 4.74 Å². The number of amides is 1. The zero-order valence-electron chi connectivity index (χ0n) is 12.7. The van der Waals surface area contributed by atoms with Gasteiger partial charge in [0.1, 0.15) is 5.60 Å². The molecule has 0 heterocycles. The Hall–Kier alpha value is -1.79. The minimum atomic E-state index is -0.647. The summed E-state index contributed by atoms with van der Waals surface area (Å²) in [6.07, 6.45) is -0.501. The van der Waals surface area contributed by atoms with Gasteiger partial charge in [-0.25, -0.2) is 4.79 Å². The molecule has 0 aliphatic rings. The molecule has 116 valence electrons. The van der Waals surface area contributed by atoms with Gasteiger partial charge in [0.2, 0.25) is 0 Å². The number of hydrogen-bond donors (Lipinski definition) is 0. The fraction of sp³-hybridized carbons (Fsp3) is 0.769. The van der Waals surface area contributed by atoms with Gasteiger partial charge in [-0.15, -0.1) is 0 Å². The largest absolute Gasteiger partial charge is 0.469 e. The predicted molar refractivity (Wildman–Crippen MR) is 71.1 cm³/mol. The van der Waals surface area contributed by atoms with Gasteiger partial charge in [0.25, 0.3) is 0 Å². The van der Waals surface area contributed by atoms with E-state index >= 15 is 0 Å². The Bertz CT molecular complexity index is 327. The molecule has 1 amide bonds. The van der Waals surface area contributed by atoms with Crippen LogP contribution in [0.4, 0.5) is 4.79 Å². The Labute approximate surface area is 119 Å². The molecule has 0 saturated carbocycles. The summed E-state index contributed by atoms with van der Waals surface area (Å²) in [6.45, 7) is 5.47. The molecule has 20 heavy (non-hydrogen) atoms. The fourth-order valence-electron chi connectivity index (χ4n) is 1.28. The molecule has 0 bridgehead atoms. The lowest BCUT2D eigenvalue weighted by Gasteiger charge is -2.26. The van der Waals surface area contributed by atoms with Crippen LogP contribution in [0, 0.1) is 0 Å². The normalized spacial score (nSPS) is 10.7. The summed E-state index contributed by atoms with van der Waals surface area (Å²) in [4.78, 5) is 35.5. The van der Waals surface area contributed by atoms with Crippen molar-refractivity contribution in [2.45, 2.75) is 39.2 Å². The number of rotatable bonds is 6. The van der Waals surface area contributed by atoms with E-state index in [1.807, 2.05) is 0 Å². The Morgan fingerprint density at radius 1 is 0.900 bits per heavy atom. The van der Waals surface area contributed by atoms with Crippen LogP contribution in [0.2, 0.25) is 0 Å². The minimum absolute atomic E-state index is 0.0386. The maximum Gasteiger partial charge on any atom is 0.410 e. The summed E-state index contributed by atoms with van der Waals surface area (Å²) in [5, 5.41) is 0. The number of nitrogens with zero attached hydrogens (tertiary/aromatic N) is 1. The van der Waals surface area contributed by atoms with Gasteiger partial charge in [-0.3, -0.25) is 9.59 Å². The number of esters is 2. The van der Waals surface area contributed by atoms with E-state index in [9.17, 15) is 14.4 Å². The summed E-state index contributed by atoms with van der Waals surface area (Å²) >= 11 is 0. The van der Waals surface area contributed by atoms with Gasteiger partial charge in [-0.2, -0.15) is 0 Å². The summed E-state index contributed by atoms with van der Waals surface area (Å²) in [5.74, 6) is -0.867. The molecule has 0 spiro atoms. The van der Waals surface area contributed by atoms with E-state index in [0.29, 0.717) is 0 Å². The summed E-state index contributed by atoms with van der Waals surface area (Å²) in [5.41, 5.74) is -0.647. The number of hydrogen-bond acceptors (Lipinski definition) is 6. The van der Waals surface area contributed by atoms with E-state index in [-0.39, 0.29) is 25.9 Å². The van der Waals surface area contributed by atoms with Crippen molar-refractivity contribution in [2.75, 3.05) is 27.3 Å². The molecule has 0 aromatic rings. The second kappa shape index (κ2) is 8.39. The summed E-state index contributed by atoms with van der Waals surface area (Å²) < 4.78 is 14.3. The molecule has 0 rings (SSSR count). The third-order valence-electron chi connectivity index (χ3n) is 2.28. The topological polar surface area (TPSA) is 82.1 Å². The number of carbonyl (C=O) groups excluding carboxylic acids is 3. The average Bonchev–Trinajstić information content (AvgIpc) is 2.35. The van der Waals surface area contributed by atoms with Gasteiger partial charge >= 0.3 is 18.0 Å². The summed E-state index contributed by atoms with van der Waals surface area (Å²) in [7, 11) is 2.54. The maximum atomic E-state index is 12.0. The highest BCUT2D eigenvalue weighted by Gasteiger charge is 2.23. The zero-order chi connectivity index (χ0) is 15.8. The van der Waals surface area contributed by atoms with Crippen molar-refractivity contribution in [1.82, 2.24) is 4.90 Å². The van der Waals surface area contributed by atoms with Crippen LogP contribution in [0.5, 0.6) is 0 Å². The van der Waals surface area contributed by atoms with Crippen molar-refractivity contribution in [3.05, 3.63) is 0 Å². The Kier molecular flexibility index (Phi) is 7.64. The SMILES string of the molecule is COC(=O)CCN(CCC(=O)OC)C(=O)OC(C)(C)C. The Morgan fingerprint density at radius 2 is 1.30 bits per heavy atom. The van der Waals surface area contributed by atoms with Gasteiger partial charge in [0.15, 0.2) is 0 Å². The summed E-state index contributed by atoms with van der Waals surface area (Å²) in [6, 6.07) is 0. The monoisotopic (exact) mass is 289 g/mol. The van der Waals surface area contributed by atoms with Crippen molar-refractivity contribution in [3.8, 4) is 0 Å². The lowest BCUT2D eigenvalue weighted by Crippen LogP contribution is -2.39. The van der Waals surface area contributed by atoms with Crippen LogP contribution in [-0.2, 0) is 23.8 Å². The van der Waals surface area contributed by atoms with Crippen LogP contribution >= 0.6 is 0 Å². The molecule has 0 fully saturated rings. The fourth-order valence-corrected chi connectivity index (χ4v) is 1.28. The zero-order valence-corrected chi connectivity index (χ0v) is 12.7. The highest BCUT2D eigenvalue weighted by molar-refractivity contribution is 5.73. The standard InChI is InChI=1S/C13H23NO6/c1-13(2,3)20-12(17)14(8-6-10(15)18-4)9-7-11(16)19-5/h6-9H2,1-5H3. The Balaban J connectivity index is 4.56. The van der Waals surface area contributed by atoms with Crippen LogP contribution in [0.15, 0.2) is 0 Å². The molecule has 0 unspecified atom stereocenters. The average molecular weight is 289 g/mol. The lowest BCUT2D eigenvalue weighted by molar-refractivity contribution is -0.140. The number of ether oxygens (including phenoxy) is 3. The lowest BCUT2D eigenvalue weighted by atomic mass is 10.2. The molecular formula is C13H23NO6. The predicted octanol–water partition coefficient (Wildman–Crippen LogP) is 1.35. The van der Waals surface area contributed by atoms with Gasteiger partial charge in [0, 0.05) is 13.1 Å². The van der Waals surface area contributed by atoms with Crippen molar-refractivity contribution >= 4 is 18.0 Å². The van der Waals surface area contributed by atoms with Crippen molar-refractivity contribution in [3.63, 3.8) is 0 Å². The van der Waals surface area contributed by atoms with Crippen molar-refractivity contribution in [2.24, 2.45) is 0 Å². The van der Waals surface area contributed by atoms with Gasteiger partial charge < -0.3 is 19.1 Å². The van der Waals surface area contributed by atoms with Gasteiger partial charge in [0.05, 0.1) is 27.1 Å². The van der Waals surface area contributed by atoms with Crippen molar-refractivity contribution in [1.29, 1.82) is 0 Å². The highest BCUT2D eigenvalue weighted by Crippen LogP contribution is 2.11. The second-order valence-corrected chi connectivity index (χ2v) is 5.12. The number of carbonyl (C=O) groups is 3. The first-order valence-corrected chi connectivity index (χ1v) is 6.31. The number of methoxy groups -OCH3 is 2. The second-order valence-electron chi connectivity index (χ2n) is 5.12. The molecular weight excluding hydrogens is 266 g/mol. The molecule has 0 aromatic heterocycles. The maximum absolute atomic E-state index is 12.0. The molecule has 0 aliphatic carbocycles. The highest BCUT2D eigenvalue weighted by atomic mass is 16.6. The van der Waals surface area contributed by atoms with Crippen LogP contribution in [0.25, 0.3) is 0 Å². The molecule has 0 aliphatic heterocycles. The van der Waals surface area contributed by atoms with E-state index in [2.05, 4.69) is 9.47 Å². The van der Waals surface area contributed by atoms with Crippen LogP contribution in [-0.4, -0.2) is 55.8 Å². The third kappa shape index (κ3) is 8.34. The molecule has 7 heteroatoms. The first kappa shape index (κ1) is 18.2. The van der Waals surface area contributed by atoms with Gasteiger partial charge in [-0.05, 0) is 20.8 Å². The first-order valence-electron chi connectivity index (χ1n) is 6.31. The van der Waals surface area contributed by atoms with E-state index < -0.39 is 23.6 Å². The molecule has 0 atom stereocenters. The molecule has 0 saturated heterocycles. The van der Waals surface area contributed by atoms with E-state index in [1.54, 1.807) is 20.8 Å². The van der Waals surface area contributed by atoms with Crippen LogP contribution in [0.1, 0.15) is 33.6 Å². The Morgan fingerprint density at radius 3 is 1.60 bits per heavy atom. The first-order chi connectivity index (χ1) is 9.19. The van der Waals surface area contributed by atoms with Crippen LogP contribution < -0.4 is 0 Å².